The minimum Gasteiger partial charge on any atom is -0.489 e. The minimum atomic E-state index is -0.434. The van der Waals surface area contributed by atoms with Crippen LogP contribution in [0.5, 0.6) is 5.75 Å². The summed E-state index contributed by atoms with van der Waals surface area (Å²) in [7, 11) is 0. The highest BCUT2D eigenvalue weighted by Gasteiger charge is 2.03. The first-order valence-electron chi connectivity index (χ1n) is 8.84. The summed E-state index contributed by atoms with van der Waals surface area (Å²) < 4.78 is 5.92. The van der Waals surface area contributed by atoms with Gasteiger partial charge < -0.3 is 4.74 Å². The van der Waals surface area contributed by atoms with Gasteiger partial charge in [0.2, 0.25) is 0 Å². The fourth-order valence-corrected chi connectivity index (χ4v) is 2.64. The highest BCUT2D eigenvalue weighted by atomic mass is 16.6. The molecule has 3 aromatic rings. The van der Waals surface area contributed by atoms with Crippen LogP contribution in [0, 0.1) is 24.0 Å². The first-order chi connectivity index (χ1) is 13.5. The van der Waals surface area contributed by atoms with Crippen LogP contribution in [0.25, 0.3) is 0 Å². The van der Waals surface area contributed by atoms with Gasteiger partial charge in [-0.15, -0.1) is 0 Å². The number of anilines is 1. The van der Waals surface area contributed by atoms with Crippen molar-refractivity contribution in [2.45, 2.75) is 20.5 Å². The Bertz CT molecular complexity index is 998. The fraction of sp³-hybridized carbons (Fsp3) is 0.136. The molecule has 0 bridgehead atoms. The van der Waals surface area contributed by atoms with Crippen molar-refractivity contribution in [2.24, 2.45) is 5.10 Å². The Balaban J connectivity index is 1.60. The van der Waals surface area contributed by atoms with Crippen molar-refractivity contribution in [1.82, 2.24) is 0 Å². The van der Waals surface area contributed by atoms with Crippen molar-refractivity contribution < 1.29 is 9.66 Å². The van der Waals surface area contributed by atoms with Gasteiger partial charge in [-0.1, -0.05) is 35.9 Å². The highest BCUT2D eigenvalue weighted by Crippen LogP contribution is 2.18. The molecule has 1 N–H and O–H groups in total. The summed E-state index contributed by atoms with van der Waals surface area (Å²) in [4.78, 5) is 10.2. The summed E-state index contributed by atoms with van der Waals surface area (Å²) in [6.07, 6.45) is 1.67. The Morgan fingerprint density at radius 1 is 1.07 bits per heavy atom. The van der Waals surface area contributed by atoms with E-state index in [1.807, 2.05) is 24.3 Å². The average molecular weight is 375 g/mol. The maximum atomic E-state index is 10.7. The van der Waals surface area contributed by atoms with Crippen LogP contribution in [0.2, 0.25) is 0 Å². The van der Waals surface area contributed by atoms with Gasteiger partial charge in [0.15, 0.2) is 0 Å². The third kappa shape index (κ3) is 5.17. The smallest absolute Gasteiger partial charge is 0.269 e. The number of rotatable bonds is 7. The SMILES string of the molecule is Cc1ccc(C)c(COc2cccc(C=NNc3ccc([N+](=O)[O-])cc3)c2)c1. The number of nitrogens with zero attached hydrogens (tertiary/aromatic N) is 2. The molecule has 0 aliphatic heterocycles. The van der Waals surface area contributed by atoms with E-state index < -0.39 is 4.92 Å². The van der Waals surface area contributed by atoms with E-state index in [0.717, 1.165) is 11.3 Å². The monoisotopic (exact) mass is 375 g/mol. The number of nitrogens with one attached hydrogen (secondary N) is 1. The minimum absolute atomic E-state index is 0.0447. The number of hydrogen-bond donors (Lipinski definition) is 1. The Morgan fingerprint density at radius 3 is 2.61 bits per heavy atom. The second-order valence-corrected chi connectivity index (χ2v) is 6.47. The van der Waals surface area contributed by atoms with Gasteiger partial charge >= 0.3 is 0 Å². The lowest BCUT2D eigenvalue weighted by Crippen LogP contribution is -1.99. The van der Waals surface area contributed by atoms with Gasteiger partial charge in [0, 0.05) is 12.1 Å². The zero-order valence-electron chi connectivity index (χ0n) is 15.8. The maximum absolute atomic E-state index is 10.7. The molecule has 0 radical (unpaired) electrons. The molecule has 3 aromatic carbocycles. The summed E-state index contributed by atoms with van der Waals surface area (Å²) in [6, 6.07) is 20.1. The van der Waals surface area contributed by atoms with E-state index in [-0.39, 0.29) is 5.69 Å². The summed E-state index contributed by atoms with van der Waals surface area (Å²) >= 11 is 0. The molecule has 0 aliphatic carbocycles. The van der Waals surface area contributed by atoms with E-state index in [4.69, 9.17) is 4.74 Å². The molecule has 0 saturated carbocycles. The zero-order valence-corrected chi connectivity index (χ0v) is 15.8. The molecular formula is C22H21N3O3. The lowest BCUT2D eigenvalue weighted by atomic mass is 10.1. The highest BCUT2D eigenvalue weighted by molar-refractivity contribution is 5.80. The number of non-ortho nitro benzene ring substituents is 1. The van der Waals surface area contributed by atoms with Crippen LogP contribution >= 0.6 is 0 Å². The van der Waals surface area contributed by atoms with Gasteiger partial charge in [-0.3, -0.25) is 15.5 Å². The summed E-state index contributed by atoms with van der Waals surface area (Å²) in [6.45, 7) is 4.65. The van der Waals surface area contributed by atoms with E-state index >= 15 is 0 Å². The Kier molecular flexibility index (Phi) is 6.01. The zero-order chi connectivity index (χ0) is 19.9. The van der Waals surface area contributed by atoms with Gasteiger partial charge in [-0.2, -0.15) is 5.10 Å². The molecule has 0 saturated heterocycles. The second kappa shape index (κ2) is 8.81. The third-order valence-electron chi connectivity index (χ3n) is 4.24. The predicted octanol–water partition coefficient (Wildman–Crippen LogP) is 5.24. The summed E-state index contributed by atoms with van der Waals surface area (Å²) in [5.41, 5.74) is 8.03. The summed E-state index contributed by atoms with van der Waals surface area (Å²) in [5, 5.41) is 14.8. The molecule has 0 amide bonds. The molecule has 0 aromatic heterocycles. The Morgan fingerprint density at radius 2 is 1.86 bits per heavy atom. The standard InChI is InChI=1S/C22H21N3O3/c1-16-6-7-17(2)19(12-16)15-28-22-5-3-4-18(13-22)14-23-24-20-8-10-21(11-9-20)25(26)27/h3-14,24H,15H2,1-2H3. The normalized spacial score (nSPS) is 10.8. The van der Waals surface area contributed by atoms with Gasteiger partial charge in [-0.25, -0.2) is 0 Å². The Labute approximate surface area is 163 Å². The lowest BCUT2D eigenvalue weighted by Gasteiger charge is -2.10. The van der Waals surface area contributed by atoms with E-state index in [1.54, 1.807) is 18.3 Å². The van der Waals surface area contributed by atoms with Crippen LogP contribution in [0.1, 0.15) is 22.3 Å². The van der Waals surface area contributed by atoms with Gasteiger partial charge in [-0.05, 0) is 54.8 Å². The van der Waals surface area contributed by atoms with Crippen molar-refractivity contribution >= 4 is 17.6 Å². The average Bonchev–Trinajstić information content (AvgIpc) is 2.69. The van der Waals surface area contributed by atoms with Gasteiger partial charge in [0.25, 0.3) is 5.69 Å². The fourth-order valence-electron chi connectivity index (χ4n) is 2.64. The van der Waals surface area contributed by atoms with Crippen LogP contribution in [-0.2, 0) is 6.61 Å². The van der Waals surface area contributed by atoms with E-state index in [0.29, 0.717) is 12.3 Å². The topological polar surface area (TPSA) is 76.8 Å². The number of aryl methyl sites for hydroxylation is 2. The van der Waals surface area contributed by atoms with Crippen LogP contribution < -0.4 is 10.2 Å². The van der Waals surface area contributed by atoms with E-state index in [2.05, 4.69) is 42.6 Å². The van der Waals surface area contributed by atoms with Crippen LogP contribution in [0.3, 0.4) is 0 Å². The van der Waals surface area contributed by atoms with Crippen molar-refractivity contribution in [1.29, 1.82) is 0 Å². The van der Waals surface area contributed by atoms with E-state index in [9.17, 15) is 10.1 Å². The largest absolute Gasteiger partial charge is 0.489 e. The molecule has 0 atom stereocenters. The number of nitro benzene ring substituents is 1. The van der Waals surface area contributed by atoms with Gasteiger partial charge in [0.1, 0.15) is 12.4 Å². The molecule has 0 aliphatic rings. The first-order valence-corrected chi connectivity index (χ1v) is 8.84. The number of hydrazone groups is 1. The molecule has 6 nitrogen and oxygen atoms in total. The molecule has 0 fully saturated rings. The number of nitro groups is 1. The van der Waals surface area contributed by atoms with Crippen LogP contribution in [-0.4, -0.2) is 11.1 Å². The predicted molar refractivity (Wildman–Crippen MR) is 111 cm³/mol. The quantitative estimate of drug-likeness (QED) is 0.348. The molecule has 6 heteroatoms. The van der Waals surface area contributed by atoms with Crippen molar-refractivity contribution in [3.63, 3.8) is 0 Å². The lowest BCUT2D eigenvalue weighted by molar-refractivity contribution is -0.384. The second-order valence-electron chi connectivity index (χ2n) is 6.47. The van der Waals surface area contributed by atoms with Gasteiger partial charge in [0.05, 0.1) is 16.8 Å². The van der Waals surface area contributed by atoms with Crippen LogP contribution in [0.15, 0.2) is 71.8 Å². The molecule has 142 valence electrons. The van der Waals surface area contributed by atoms with Crippen molar-refractivity contribution in [2.75, 3.05) is 5.43 Å². The third-order valence-corrected chi connectivity index (χ3v) is 4.24. The van der Waals surface area contributed by atoms with Crippen molar-refractivity contribution in [3.8, 4) is 5.75 Å². The van der Waals surface area contributed by atoms with Crippen LogP contribution in [0.4, 0.5) is 11.4 Å². The Hall–Kier alpha value is -3.67. The maximum Gasteiger partial charge on any atom is 0.269 e. The first kappa shape index (κ1) is 19.1. The van der Waals surface area contributed by atoms with E-state index in [1.165, 1.54) is 28.8 Å². The molecular weight excluding hydrogens is 354 g/mol. The molecule has 0 unspecified atom stereocenters. The molecule has 28 heavy (non-hydrogen) atoms. The molecule has 0 spiro atoms. The molecule has 3 rings (SSSR count). The number of benzene rings is 3. The summed E-state index contributed by atoms with van der Waals surface area (Å²) in [5.74, 6) is 0.764. The number of ether oxygens (including phenoxy) is 1. The van der Waals surface area contributed by atoms with Crippen molar-refractivity contribution in [3.05, 3.63) is 99.1 Å². The number of hydrogen-bond acceptors (Lipinski definition) is 5. The molecule has 0 heterocycles.